The van der Waals surface area contributed by atoms with Gasteiger partial charge < -0.3 is 19.7 Å². The Morgan fingerprint density at radius 3 is 2.74 bits per heavy atom. The molecule has 2 aliphatic rings. The highest BCUT2D eigenvalue weighted by atomic mass is 16.5. The largest absolute Gasteiger partial charge is 0.381 e. The van der Waals surface area contributed by atoms with Crippen LogP contribution in [0.2, 0.25) is 0 Å². The molecule has 2 saturated heterocycles. The van der Waals surface area contributed by atoms with Crippen LogP contribution in [0.4, 0.5) is 0 Å². The van der Waals surface area contributed by atoms with Gasteiger partial charge in [0.2, 0.25) is 0 Å². The summed E-state index contributed by atoms with van der Waals surface area (Å²) in [6, 6.07) is 0.647. The van der Waals surface area contributed by atoms with Crippen LogP contribution in [0.3, 0.4) is 0 Å². The maximum Gasteiger partial charge on any atom is 0.0595 e. The second-order valence-electron chi connectivity index (χ2n) is 5.92. The van der Waals surface area contributed by atoms with Gasteiger partial charge in [0.15, 0.2) is 0 Å². The normalized spacial score (nSPS) is 30.6. The molecule has 0 amide bonds. The van der Waals surface area contributed by atoms with Gasteiger partial charge in [-0.3, -0.25) is 0 Å². The van der Waals surface area contributed by atoms with Crippen molar-refractivity contribution in [1.82, 2.24) is 10.2 Å². The van der Waals surface area contributed by atoms with E-state index in [0.717, 1.165) is 19.8 Å². The first-order valence-electron chi connectivity index (χ1n) is 7.89. The van der Waals surface area contributed by atoms with Crippen molar-refractivity contribution in [2.75, 3.05) is 46.5 Å². The Morgan fingerprint density at radius 2 is 2.05 bits per heavy atom. The van der Waals surface area contributed by atoms with Crippen molar-refractivity contribution in [2.45, 2.75) is 44.8 Å². The zero-order chi connectivity index (χ0) is 13.5. The summed E-state index contributed by atoms with van der Waals surface area (Å²) in [5, 5.41) is 3.70. The lowest BCUT2D eigenvalue weighted by Crippen LogP contribution is -2.49. The van der Waals surface area contributed by atoms with Gasteiger partial charge >= 0.3 is 0 Å². The lowest BCUT2D eigenvalue weighted by atomic mass is 9.94. The third-order valence-corrected chi connectivity index (χ3v) is 4.49. The Labute approximate surface area is 117 Å². The molecule has 2 rings (SSSR count). The van der Waals surface area contributed by atoms with E-state index in [2.05, 4.69) is 17.1 Å². The number of ether oxygens (including phenoxy) is 2. The molecule has 0 bridgehead atoms. The fraction of sp³-hybridized carbons (Fsp3) is 1.00. The summed E-state index contributed by atoms with van der Waals surface area (Å²) in [7, 11) is 1.83. The monoisotopic (exact) mass is 270 g/mol. The summed E-state index contributed by atoms with van der Waals surface area (Å²) in [5.41, 5.74) is 0. The molecule has 0 saturated carbocycles. The minimum Gasteiger partial charge on any atom is -0.381 e. The average molecular weight is 270 g/mol. The molecule has 0 radical (unpaired) electrons. The van der Waals surface area contributed by atoms with Gasteiger partial charge in [-0.2, -0.15) is 0 Å². The Hall–Kier alpha value is -0.160. The SMILES string of the molecule is CCCNC1CCOCC1CN1CCC(OC)CC1. The van der Waals surface area contributed by atoms with E-state index in [1.54, 1.807) is 0 Å². The molecule has 2 aliphatic heterocycles. The molecule has 2 fully saturated rings. The summed E-state index contributed by atoms with van der Waals surface area (Å²) in [4.78, 5) is 2.59. The Kier molecular flexibility index (Phi) is 6.57. The molecule has 2 atom stereocenters. The minimum absolute atomic E-state index is 0.480. The van der Waals surface area contributed by atoms with Crippen molar-refractivity contribution >= 4 is 0 Å². The van der Waals surface area contributed by atoms with Crippen LogP contribution in [-0.2, 0) is 9.47 Å². The van der Waals surface area contributed by atoms with Crippen molar-refractivity contribution in [1.29, 1.82) is 0 Å². The molecule has 1 N–H and O–H groups in total. The van der Waals surface area contributed by atoms with Crippen molar-refractivity contribution in [3.63, 3.8) is 0 Å². The van der Waals surface area contributed by atoms with Gasteiger partial charge in [-0.15, -0.1) is 0 Å². The fourth-order valence-corrected chi connectivity index (χ4v) is 3.23. The maximum absolute atomic E-state index is 5.68. The number of rotatable bonds is 6. The molecule has 0 aromatic rings. The first-order chi connectivity index (χ1) is 9.33. The third kappa shape index (κ3) is 4.71. The standard InChI is InChI=1S/C15H30N2O2/c1-3-7-16-15-6-10-19-12-13(15)11-17-8-4-14(18-2)5-9-17/h13-16H,3-12H2,1-2H3. The number of piperidine rings is 1. The molecule has 0 aromatic carbocycles. The molecule has 112 valence electrons. The molecule has 4 nitrogen and oxygen atoms in total. The number of hydrogen-bond donors (Lipinski definition) is 1. The number of methoxy groups -OCH3 is 1. The summed E-state index contributed by atoms with van der Waals surface area (Å²) in [6.45, 7) is 8.74. The Morgan fingerprint density at radius 1 is 1.26 bits per heavy atom. The van der Waals surface area contributed by atoms with Gasteiger partial charge in [-0.25, -0.2) is 0 Å². The van der Waals surface area contributed by atoms with E-state index in [4.69, 9.17) is 9.47 Å². The van der Waals surface area contributed by atoms with Crippen LogP contribution in [-0.4, -0.2) is 63.5 Å². The zero-order valence-electron chi connectivity index (χ0n) is 12.6. The Bertz CT molecular complexity index is 242. The highest BCUT2D eigenvalue weighted by molar-refractivity contribution is 4.83. The van der Waals surface area contributed by atoms with Gasteiger partial charge in [0.05, 0.1) is 12.7 Å². The molecule has 2 heterocycles. The van der Waals surface area contributed by atoms with Crippen molar-refractivity contribution in [3.8, 4) is 0 Å². The number of hydrogen-bond acceptors (Lipinski definition) is 4. The van der Waals surface area contributed by atoms with Crippen molar-refractivity contribution < 1.29 is 9.47 Å². The fourth-order valence-electron chi connectivity index (χ4n) is 3.23. The molecule has 0 aromatic heterocycles. The maximum atomic E-state index is 5.68. The molecular weight excluding hydrogens is 240 g/mol. The van der Waals surface area contributed by atoms with E-state index in [9.17, 15) is 0 Å². The van der Waals surface area contributed by atoms with Crippen LogP contribution in [0.15, 0.2) is 0 Å². The first kappa shape index (κ1) is 15.2. The van der Waals surface area contributed by atoms with Crippen LogP contribution >= 0.6 is 0 Å². The Balaban J connectivity index is 1.76. The van der Waals surface area contributed by atoms with E-state index in [-0.39, 0.29) is 0 Å². The van der Waals surface area contributed by atoms with Gasteiger partial charge in [0, 0.05) is 45.3 Å². The number of nitrogens with one attached hydrogen (secondary N) is 1. The summed E-state index contributed by atoms with van der Waals surface area (Å²) < 4.78 is 11.1. The molecule has 0 spiro atoms. The van der Waals surface area contributed by atoms with E-state index >= 15 is 0 Å². The van der Waals surface area contributed by atoms with Crippen LogP contribution in [0, 0.1) is 5.92 Å². The van der Waals surface area contributed by atoms with E-state index in [0.29, 0.717) is 18.1 Å². The van der Waals surface area contributed by atoms with Crippen molar-refractivity contribution in [2.24, 2.45) is 5.92 Å². The molecule has 4 heteroatoms. The number of likely N-dealkylation sites (tertiary alicyclic amines) is 1. The van der Waals surface area contributed by atoms with Gasteiger partial charge in [0.25, 0.3) is 0 Å². The van der Waals surface area contributed by atoms with Crippen LogP contribution in [0.25, 0.3) is 0 Å². The average Bonchev–Trinajstić information content (AvgIpc) is 2.47. The first-order valence-corrected chi connectivity index (χ1v) is 7.89. The highest BCUT2D eigenvalue weighted by Gasteiger charge is 2.28. The quantitative estimate of drug-likeness (QED) is 0.793. The second kappa shape index (κ2) is 8.20. The predicted octanol–water partition coefficient (Wildman–Crippen LogP) is 1.50. The molecular formula is C15H30N2O2. The highest BCUT2D eigenvalue weighted by Crippen LogP contribution is 2.20. The van der Waals surface area contributed by atoms with E-state index < -0.39 is 0 Å². The number of nitrogens with zero attached hydrogens (tertiary/aromatic N) is 1. The lowest BCUT2D eigenvalue weighted by molar-refractivity contribution is -0.00206. The predicted molar refractivity (Wildman–Crippen MR) is 77.5 cm³/mol. The van der Waals surface area contributed by atoms with Gasteiger partial charge in [-0.05, 0) is 32.2 Å². The minimum atomic E-state index is 0.480. The van der Waals surface area contributed by atoms with Gasteiger partial charge in [0.1, 0.15) is 0 Å². The van der Waals surface area contributed by atoms with Crippen LogP contribution < -0.4 is 5.32 Å². The lowest BCUT2D eigenvalue weighted by Gasteiger charge is -2.38. The van der Waals surface area contributed by atoms with E-state index in [1.165, 1.54) is 45.3 Å². The van der Waals surface area contributed by atoms with Gasteiger partial charge in [-0.1, -0.05) is 6.92 Å². The molecule has 19 heavy (non-hydrogen) atoms. The van der Waals surface area contributed by atoms with Crippen LogP contribution in [0.5, 0.6) is 0 Å². The zero-order valence-corrected chi connectivity index (χ0v) is 12.6. The third-order valence-electron chi connectivity index (χ3n) is 4.49. The summed E-state index contributed by atoms with van der Waals surface area (Å²) in [5.74, 6) is 0.652. The van der Waals surface area contributed by atoms with Crippen LogP contribution in [0.1, 0.15) is 32.6 Å². The van der Waals surface area contributed by atoms with Crippen molar-refractivity contribution in [3.05, 3.63) is 0 Å². The topological polar surface area (TPSA) is 33.7 Å². The summed E-state index contributed by atoms with van der Waals surface area (Å²) >= 11 is 0. The molecule has 0 aliphatic carbocycles. The van der Waals surface area contributed by atoms with E-state index in [1.807, 2.05) is 7.11 Å². The second-order valence-corrected chi connectivity index (χ2v) is 5.92. The smallest absolute Gasteiger partial charge is 0.0595 e. The summed E-state index contributed by atoms with van der Waals surface area (Å²) in [6.07, 6.45) is 5.21. The molecule has 2 unspecified atom stereocenters.